The van der Waals surface area contributed by atoms with E-state index in [1.807, 2.05) is 0 Å². The van der Waals surface area contributed by atoms with E-state index in [4.69, 9.17) is 4.74 Å². The average molecular weight is 282 g/mol. The molecular weight excluding hydrogens is 260 g/mol. The molecule has 0 radical (unpaired) electrons. The summed E-state index contributed by atoms with van der Waals surface area (Å²) in [6.07, 6.45) is 4.27. The van der Waals surface area contributed by atoms with Crippen LogP contribution in [0.5, 0.6) is 0 Å². The van der Waals surface area contributed by atoms with Crippen molar-refractivity contribution < 1.29 is 19.1 Å². The summed E-state index contributed by atoms with van der Waals surface area (Å²) in [4.78, 5) is 37.2. The summed E-state index contributed by atoms with van der Waals surface area (Å²) in [7, 11) is 1.60. The molecule has 0 bridgehead atoms. The van der Waals surface area contributed by atoms with E-state index in [2.05, 4.69) is 5.32 Å². The minimum Gasteiger partial charge on any atom is -0.385 e. The van der Waals surface area contributed by atoms with Crippen molar-refractivity contribution in [3.63, 3.8) is 0 Å². The van der Waals surface area contributed by atoms with Crippen molar-refractivity contribution in [3.05, 3.63) is 0 Å². The van der Waals surface area contributed by atoms with Crippen LogP contribution >= 0.6 is 0 Å². The van der Waals surface area contributed by atoms with Crippen molar-refractivity contribution in [2.45, 2.75) is 32.1 Å². The van der Waals surface area contributed by atoms with Crippen LogP contribution in [-0.2, 0) is 19.1 Å². The highest BCUT2D eigenvalue weighted by Crippen LogP contribution is 2.37. The fourth-order valence-corrected chi connectivity index (χ4v) is 3.03. The fraction of sp³-hybridized carbons (Fsp3) is 0.786. The Bertz CT molecular complexity index is 373. The highest BCUT2D eigenvalue weighted by Gasteiger charge is 2.48. The molecule has 1 saturated carbocycles. The normalized spacial score (nSPS) is 25.8. The third-order valence-electron chi connectivity index (χ3n) is 4.08. The van der Waals surface area contributed by atoms with Crippen molar-refractivity contribution in [2.75, 3.05) is 26.8 Å². The first-order valence-electron chi connectivity index (χ1n) is 7.26. The Hall–Kier alpha value is -1.43. The number of rotatable bonds is 6. The van der Waals surface area contributed by atoms with Crippen molar-refractivity contribution in [2.24, 2.45) is 11.8 Å². The standard InChI is InChI=1S/C14H22N2O4/c1-20-8-4-7-15-12(17)9-16-13(18)10-5-2-3-6-11(10)14(16)19/h10-11H,2-9H2,1H3,(H,15,17). The van der Waals surface area contributed by atoms with Crippen LogP contribution in [-0.4, -0.2) is 49.4 Å². The summed E-state index contributed by atoms with van der Waals surface area (Å²) >= 11 is 0. The lowest BCUT2D eigenvalue weighted by Gasteiger charge is -2.19. The van der Waals surface area contributed by atoms with Crippen LogP contribution in [0.3, 0.4) is 0 Å². The summed E-state index contributed by atoms with van der Waals surface area (Å²) in [5.74, 6) is -0.963. The van der Waals surface area contributed by atoms with Crippen LogP contribution in [0, 0.1) is 11.8 Å². The van der Waals surface area contributed by atoms with E-state index in [-0.39, 0.29) is 36.1 Å². The molecule has 3 amide bonds. The van der Waals surface area contributed by atoms with Gasteiger partial charge in [0.2, 0.25) is 17.7 Å². The second-order valence-corrected chi connectivity index (χ2v) is 5.46. The summed E-state index contributed by atoms with van der Waals surface area (Å²) in [6.45, 7) is 0.930. The maximum atomic E-state index is 12.2. The number of carbonyl (C=O) groups is 3. The summed E-state index contributed by atoms with van der Waals surface area (Å²) in [6, 6.07) is 0. The van der Waals surface area contributed by atoms with Gasteiger partial charge in [0.15, 0.2) is 0 Å². The Morgan fingerprint density at radius 2 is 1.85 bits per heavy atom. The van der Waals surface area contributed by atoms with Crippen molar-refractivity contribution in [3.8, 4) is 0 Å². The molecule has 2 atom stereocenters. The van der Waals surface area contributed by atoms with E-state index in [0.717, 1.165) is 37.0 Å². The van der Waals surface area contributed by atoms with Gasteiger partial charge in [-0.25, -0.2) is 0 Å². The molecule has 2 aliphatic rings. The average Bonchev–Trinajstić information content (AvgIpc) is 2.69. The molecule has 1 N–H and O–H groups in total. The molecule has 1 saturated heterocycles. The SMILES string of the molecule is COCCCNC(=O)CN1C(=O)C2CCCCC2C1=O. The van der Waals surface area contributed by atoms with Crippen LogP contribution in [0.2, 0.25) is 0 Å². The zero-order valence-electron chi connectivity index (χ0n) is 11.9. The van der Waals surface area contributed by atoms with E-state index in [0.29, 0.717) is 13.2 Å². The number of hydrogen-bond donors (Lipinski definition) is 1. The van der Waals surface area contributed by atoms with Gasteiger partial charge in [0, 0.05) is 20.3 Å². The molecule has 2 unspecified atom stereocenters. The van der Waals surface area contributed by atoms with Crippen LogP contribution in [0.25, 0.3) is 0 Å². The van der Waals surface area contributed by atoms with Crippen LogP contribution in [0.4, 0.5) is 0 Å². The minimum absolute atomic E-state index is 0.141. The number of amides is 3. The van der Waals surface area contributed by atoms with Gasteiger partial charge in [0.05, 0.1) is 11.8 Å². The van der Waals surface area contributed by atoms with Gasteiger partial charge in [-0.05, 0) is 19.3 Å². The highest BCUT2D eigenvalue weighted by atomic mass is 16.5. The maximum absolute atomic E-state index is 12.2. The molecule has 6 heteroatoms. The van der Waals surface area contributed by atoms with Gasteiger partial charge >= 0.3 is 0 Å². The molecule has 20 heavy (non-hydrogen) atoms. The second-order valence-electron chi connectivity index (χ2n) is 5.46. The first-order valence-corrected chi connectivity index (χ1v) is 7.26. The highest BCUT2D eigenvalue weighted by molar-refractivity contribution is 6.07. The van der Waals surface area contributed by atoms with Gasteiger partial charge in [-0.15, -0.1) is 0 Å². The quantitative estimate of drug-likeness (QED) is 0.562. The smallest absolute Gasteiger partial charge is 0.240 e. The fourth-order valence-electron chi connectivity index (χ4n) is 3.03. The number of fused-ring (bicyclic) bond motifs is 1. The summed E-state index contributed by atoms with van der Waals surface area (Å²) in [5.41, 5.74) is 0. The van der Waals surface area contributed by atoms with E-state index in [1.54, 1.807) is 7.11 Å². The molecule has 2 fully saturated rings. The van der Waals surface area contributed by atoms with Gasteiger partial charge in [-0.3, -0.25) is 19.3 Å². The lowest BCUT2D eigenvalue weighted by atomic mass is 9.81. The zero-order valence-corrected chi connectivity index (χ0v) is 11.9. The van der Waals surface area contributed by atoms with E-state index >= 15 is 0 Å². The first-order chi connectivity index (χ1) is 9.65. The molecular formula is C14H22N2O4. The number of likely N-dealkylation sites (tertiary alicyclic amines) is 1. The Morgan fingerprint density at radius 1 is 1.25 bits per heavy atom. The van der Waals surface area contributed by atoms with E-state index in [9.17, 15) is 14.4 Å². The van der Waals surface area contributed by atoms with Gasteiger partial charge in [0.1, 0.15) is 6.54 Å². The van der Waals surface area contributed by atoms with Crippen molar-refractivity contribution in [1.82, 2.24) is 10.2 Å². The summed E-state index contributed by atoms with van der Waals surface area (Å²) in [5, 5.41) is 2.70. The number of ether oxygens (including phenoxy) is 1. The number of carbonyl (C=O) groups excluding carboxylic acids is 3. The summed E-state index contributed by atoms with van der Waals surface area (Å²) < 4.78 is 4.89. The molecule has 0 spiro atoms. The molecule has 6 nitrogen and oxygen atoms in total. The van der Waals surface area contributed by atoms with Gasteiger partial charge in [-0.1, -0.05) is 12.8 Å². The number of nitrogens with zero attached hydrogens (tertiary/aromatic N) is 1. The number of imide groups is 1. The Labute approximate surface area is 118 Å². The third-order valence-corrected chi connectivity index (χ3v) is 4.08. The monoisotopic (exact) mass is 282 g/mol. The number of hydrogen-bond acceptors (Lipinski definition) is 4. The van der Waals surface area contributed by atoms with E-state index < -0.39 is 0 Å². The van der Waals surface area contributed by atoms with Gasteiger partial charge in [0.25, 0.3) is 0 Å². The van der Waals surface area contributed by atoms with Gasteiger partial charge in [-0.2, -0.15) is 0 Å². The predicted molar refractivity (Wildman–Crippen MR) is 71.7 cm³/mol. The number of nitrogens with one attached hydrogen (secondary N) is 1. The Kier molecular flexibility index (Phi) is 5.11. The van der Waals surface area contributed by atoms with Crippen LogP contribution in [0.1, 0.15) is 32.1 Å². The lowest BCUT2D eigenvalue weighted by Crippen LogP contribution is -2.41. The molecule has 0 aromatic rings. The lowest BCUT2D eigenvalue weighted by molar-refractivity contribution is -0.143. The molecule has 1 heterocycles. The maximum Gasteiger partial charge on any atom is 0.240 e. The molecule has 1 aliphatic heterocycles. The third kappa shape index (κ3) is 3.17. The van der Waals surface area contributed by atoms with E-state index in [1.165, 1.54) is 0 Å². The molecule has 2 rings (SSSR count). The van der Waals surface area contributed by atoms with Crippen molar-refractivity contribution in [1.29, 1.82) is 0 Å². The Balaban J connectivity index is 1.84. The minimum atomic E-state index is -0.276. The molecule has 1 aliphatic carbocycles. The first kappa shape index (κ1) is 15.0. The predicted octanol–water partition coefficient (Wildman–Crippen LogP) is 0.314. The molecule has 112 valence electrons. The van der Waals surface area contributed by atoms with Crippen LogP contribution < -0.4 is 5.32 Å². The second kappa shape index (κ2) is 6.83. The molecule has 0 aromatic carbocycles. The topological polar surface area (TPSA) is 75.7 Å². The van der Waals surface area contributed by atoms with Gasteiger partial charge < -0.3 is 10.1 Å². The van der Waals surface area contributed by atoms with Crippen molar-refractivity contribution >= 4 is 17.7 Å². The largest absolute Gasteiger partial charge is 0.385 e. The Morgan fingerprint density at radius 3 is 2.40 bits per heavy atom. The number of methoxy groups -OCH3 is 1. The van der Waals surface area contributed by atoms with Crippen LogP contribution in [0.15, 0.2) is 0 Å². The molecule has 0 aromatic heterocycles. The zero-order chi connectivity index (χ0) is 14.5.